The lowest BCUT2D eigenvalue weighted by atomic mass is 9.96. The number of rotatable bonds is 6. The normalized spacial score (nSPS) is 11.3. The summed E-state index contributed by atoms with van der Waals surface area (Å²) in [5, 5.41) is 16.3. The highest BCUT2D eigenvalue weighted by Crippen LogP contribution is 2.42. The van der Waals surface area contributed by atoms with Crippen LogP contribution in [0, 0.1) is 0 Å². The fourth-order valence-corrected chi connectivity index (χ4v) is 6.87. The number of para-hydroxylation sites is 4. The van der Waals surface area contributed by atoms with Crippen LogP contribution in [0.1, 0.15) is 0 Å². The lowest BCUT2D eigenvalue weighted by Crippen LogP contribution is -2.09. The monoisotopic (exact) mass is 614 g/mol. The molecule has 0 N–H and O–H groups in total. The predicted molar refractivity (Wildman–Crippen MR) is 201 cm³/mol. The Morgan fingerprint density at radius 1 is 0.292 bits per heavy atom. The van der Waals surface area contributed by atoms with Crippen molar-refractivity contribution < 1.29 is 0 Å². The van der Waals surface area contributed by atoms with Crippen molar-refractivity contribution in [2.75, 3.05) is 9.80 Å². The number of fused-ring (bicyclic) bond motifs is 7. The van der Waals surface area contributed by atoms with E-state index in [4.69, 9.17) is 10.2 Å². The third kappa shape index (κ3) is 4.79. The fourth-order valence-electron chi connectivity index (χ4n) is 6.87. The predicted octanol–water partition coefficient (Wildman–Crippen LogP) is 12.0. The molecule has 0 aliphatic rings. The van der Waals surface area contributed by atoms with Gasteiger partial charge < -0.3 is 9.80 Å². The molecule has 0 unspecified atom stereocenters. The highest BCUT2D eigenvalue weighted by atomic mass is 15.1. The lowest BCUT2D eigenvalue weighted by Gasteiger charge is -2.26. The molecule has 0 radical (unpaired) electrons. The lowest BCUT2D eigenvalue weighted by molar-refractivity contribution is 1.12. The maximum absolute atomic E-state index is 4.74. The van der Waals surface area contributed by atoms with Crippen molar-refractivity contribution >= 4 is 77.5 Å². The summed E-state index contributed by atoms with van der Waals surface area (Å²) in [7, 11) is 0. The smallest absolute Gasteiger partial charge is 0.0942 e. The minimum absolute atomic E-state index is 0.874. The summed E-state index contributed by atoms with van der Waals surface area (Å²) < 4.78 is 0. The van der Waals surface area contributed by atoms with Gasteiger partial charge >= 0.3 is 0 Å². The van der Waals surface area contributed by atoms with E-state index in [1.807, 2.05) is 0 Å². The van der Waals surface area contributed by atoms with Crippen LogP contribution in [-0.4, -0.2) is 10.2 Å². The number of benzene rings is 8. The largest absolute Gasteiger partial charge is 0.310 e. The second-order valence-electron chi connectivity index (χ2n) is 11.9. The van der Waals surface area contributed by atoms with E-state index in [1.165, 1.54) is 0 Å². The van der Waals surface area contributed by atoms with Crippen LogP contribution >= 0.6 is 0 Å². The molecule has 0 aliphatic heterocycles. The molecule has 8 aromatic carbocycles. The standard InChI is InChI=1S/C44H30N4/c1-5-13-33(14-6-1)47(34-15-7-2-8-16-34)37-25-21-31-23-27-41-43(39(31)29-37)44-40-30-38(26-22-32(40)24-28-42(44)46-45-41)48(35-17-9-3-10-18-35)36-19-11-4-12-20-36/h1-30H. The first-order valence-corrected chi connectivity index (χ1v) is 16.2. The zero-order valence-corrected chi connectivity index (χ0v) is 26.1. The maximum atomic E-state index is 4.74. The topological polar surface area (TPSA) is 32.3 Å². The van der Waals surface area contributed by atoms with Crippen molar-refractivity contribution in [1.29, 1.82) is 0 Å². The van der Waals surface area contributed by atoms with Gasteiger partial charge in [-0.2, -0.15) is 0 Å². The van der Waals surface area contributed by atoms with Crippen molar-refractivity contribution in [3.8, 4) is 0 Å². The molecule has 9 rings (SSSR count). The van der Waals surface area contributed by atoms with Gasteiger partial charge in [-0.1, -0.05) is 97.1 Å². The van der Waals surface area contributed by atoms with Crippen LogP contribution < -0.4 is 9.80 Å². The Labute approximate surface area is 278 Å². The van der Waals surface area contributed by atoms with Crippen LogP contribution in [0.3, 0.4) is 0 Å². The molecule has 9 aromatic rings. The highest BCUT2D eigenvalue weighted by molar-refractivity contribution is 6.26. The molecule has 0 fully saturated rings. The number of anilines is 6. The van der Waals surface area contributed by atoms with Crippen molar-refractivity contribution in [1.82, 2.24) is 10.2 Å². The molecular weight excluding hydrogens is 585 g/mol. The Bertz CT molecular complexity index is 2280. The van der Waals surface area contributed by atoms with Crippen LogP contribution in [0.25, 0.3) is 43.4 Å². The molecule has 48 heavy (non-hydrogen) atoms. The quantitative estimate of drug-likeness (QED) is 0.174. The molecule has 1 heterocycles. The van der Waals surface area contributed by atoms with E-state index < -0.39 is 0 Å². The van der Waals surface area contributed by atoms with Crippen LogP contribution in [-0.2, 0) is 0 Å². The fraction of sp³-hybridized carbons (Fsp3) is 0. The average molecular weight is 615 g/mol. The molecule has 0 bridgehead atoms. The van der Waals surface area contributed by atoms with Crippen LogP contribution in [0.15, 0.2) is 182 Å². The van der Waals surface area contributed by atoms with Gasteiger partial charge in [0.1, 0.15) is 0 Å². The van der Waals surface area contributed by atoms with E-state index in [1.54, 1.807) is 0 Å². The molecule has 0 atom stereocenters. The average Bonchev–Trinajstić information content (AvgIpc) is 3.16. The molecule has 1 aromatic heterocycles. The van der Waals surface area contributed by atoms with Crippen LogP contribution in [0.5, 0.6) is 0 Å². The second-order valence-corrected chi connectivity index (χ2v) is 11.9. The summed E-state index contributed by atoms with van der Waals surface area (Å²) in [6.45, 7) is 0. The van der Waals surface area contributed by atoms with Gasteiger partial charge in [0.15, 0.2) is 0 Å². The van der Waals surface area contributed by atoms with Crippen molar-refractivity contribution in [2.45, 2.75) is 0 Å². The van der Waals surface area contributed by atoms with Gasteiger partial charge in [0.2, 0.25) is 0 Å². The Hall–Kier alpha value is -6.52. The van der Waals surface area contributed by atoms with Crippen molar-refractivity contribution in [2.24, 2.45) is 0 Å². The third-order valence-electron chi connectivity index (χ3n) is 9.06. The zero-order valence-electron chi connectivity index (χ0n) is 26.1. The Morgan fingerprint density at radius 2 is 0.604 bits per heavy atom. The van der Waals surface area contributed by atoms with E-state index >= 15 is 0 Å². The number of hydrogen-bond donors (Lipinski definition) is 0. The zero-order chi connectivity index (χ0) is 31.9. The first-order chi connectivity index (χ1) is 23.8. The van der Waals surface area contributed by atoms with Crippen LogP contribution in [0.2, 0.25) is 0 Å². The van der Waals surface area contributed by atoms with E-state index in [0.717, 1.165) is 77.5 Å². The summed E-state index contributed by atoms with van der Waals surface area (Å²) >= 11 is 0. The number of aromatic nitrogens is 2. The van der Waals surface area contributed by atoms with Crippen LogP contribution in [0.4, 0.5) is 34.1 Å². The highest BCUT2D eigenvalue weighted by Gasteiger charge is 2.18. The minimum Gasteiger partial charge on any atom is -0.310 e. The summed E-state index contributed by atoms with van der Waals surface area (Å²) in [6, 6.07) is 64.1. The first-order valence-electron chi connectivity index (χ1n) is 16.2. The maximum Gasteiger partial charge on any atom is 0.0942 e. The molecule has 4 nitrogen and oxygen atoms in total. The van der Waals surface area contributed by atoms with Gasteiger partial charge in [0.05, 0.1) is 11.0 Å². The van der Waals surface area contributed by atoms with E-state index in [9.17, 15) is 0 Å². The van der Waals surface area contributed by atoms with E-state index in [-0.39, 0.29) is 0 Å². The number of nitrogens with zero attached hydrogens (tertiary/aromatic N) is 4. The molecule has 0 saturated carbocycles. The summed E-state index contributed by atoms with van der Waals surface area (Å²) in [5.74, 6) is 0. The molecule has 0 spiro atoms. The summed E-state index contributed by atoms with van der Waals surface area (Å²) in [6.07, 6.45) is 0. The second kappa shape index (κ2) is 11.7. The molecule has 0 saturated heterocycles. The molecule has 0 amide bonds. The van der Waals surface area contributed by atoms with Gasteiger partial charge in [0.25, 0.3) is 0 Å². The van der Waals surface area contributed by atoms with Gasteiger partial charge in [-0.15, -0.1) is 10.2 Å². The van der Waals surface area contributed by atoms with Gasteiger partial charge in [-0.25, -0.2) is 0 Å². The van der Waals surface area contributed by atoms with Gasteiger partial charge in [0, 0.05) is 44.9 Å². The Morgan fingerprint density at radius 3 is 0.938 bits per heavy atom. The van der Waals surface area contributed by atoms with Crippen molar-refractivity contribution in [3.63, 3.8) is 0 Å². The third-order valence-corrected chi connectivity index (χ3v) is 9.06. The van der Waals surface area contributed by atoms with Crippen molar-refractivity contribution in [3.05, 3.63) is 182 Å². The summed E-state index contributed by atoms with van der Waals surface area (Å²) in [5.41, 5.74) is 8.32. The van der Waals surface area contributed by atoms with E-state index in [0.29, 0.717) is 0 Å². The van der Waals surface area contributed by atoms with Gasteiger partial charge in [-0.05, 0) is 106 Å². The molecule has 226 valence electrons. The summed E-state index contributed by atoms with van der Waals surface area (Å²) in [4.78, 5) is 4.62. The van der Waals surface area contributed by atoms with E-state index in [2.05, 4.69) is 192 Å². The molecular formula is C44H30N4. The molecule has 4 heteroatoms. The number of hydrogen-bond acceptors (Lipinski definition) is 4. The Kier molecular flexibility index (Phi) is 6.76. The SMILES string of the molecule is c1ccc(N(c2ccccc2)c2ccc3ccc4nnc5ccc6ccc(N(c7ccccc7)c7ccccc7)cc6c5c4c3c2)cc1. The first kappa shape index (κ1) is 27.8. The minimum atomic E-state index is 0.874. The Balaban J connectivity index is 1.32. The molecule has 0 aliphatic carbocycles. The van der Waals surface area contributed by atoms with Gasteiger partial charge in [-0.3, -0.25) is 0 Å².